The van der Waals surface area contributed by atoms with Crippen LogP contribution in [-0.2, 0) is 14.3 Å². The van der Waals surface area contributed by atoms with Gasteiger partial charge in [-0.2, -0.15) is 8.42 Å². The Balaban J connectivity index is 2.02. The van der Waals surface area contributed by atoms with E-state index in [-0.39, 0.29) is 11.5 Å². The zero-order chi connectivity index (χ0) is 16.0. The van der Waals surface area contributed by atoms with Crippen molar-refractivity contribution in [3.05, 3.63) is 72.8 Å². The van der Waals surface area contributed by atoms with Gasteiger partial charge in [-0.05, 0) is 31.2 Å². The monoisotopic (exact) mass is 318 g/mol. The van der Waals surface area contributed by atoms with Gasteiger partial charge in [-0.15, -0.1) is 6.58 Å². The molecule has 0 amide bonds. The number of benzene rings is 2. The molecule has 0 aliphatic heterocycles. The molecule has 2 aromatic carbocycles. The lowest BCUT2D eigenvalue weighted by atomic mass is 10.2. The molecule has 5 heteroatoms. The zero-order valence-corrected chi connectivity index (χ0v) is 13.1. The average Bonchev–Trinajstić information content (AvgIpc) is 2.52. The standard InChI is InChI=1S/C17H18O4S/c1-3-15(13-20-16-7-5-4-6-8-16)21-22(18,19)17-11-9-14(2)10-12-17/h3-12,15H,1,13H2,2H3. The largest absolute Gasteiger partial charge is 0.490 e. The third-order valence-electron chi connectivity index (χ3n) is 2.98. The predicted octanol–water partition coefficient (Wildman–Crippen LogP) is 3.33. The summed E-state index contributed by atoms with van der Waals surface area (Å²) in [5.74, 6) is 0.644. The maximum atomic E-state index is 12.2. The van der Waals surface area contributed by atoms with E-state index in [1.165, 1.54) is 18.2 Å². The first-order valence-electron chi connectivity index (χ1n) is 6.81. The molecule has 1 unspecified atom stereocenters. The van der Waals surface area contributed by atoms with Crippen molar-refractivity contribution in [1.82, 2.24) is 0 Å². The van der Waals surface area contributed by atoms with Gasteiger partial charge < -0.3 is 4.74 Å². The van der Waals surface area contributed by atoms with E-state index in [1.807, 2.05) is 25.1 Å². The topological polar surface area (TPSA) is 52.6 Å². The molecule has 0 N–H and O–H groups in total. The molecule has 4 nitrogen and oxygen atoms in total. The first-order chi connectivity index (χ1) is 10.5. The Morgan fingerprint density at radius 2 is 1.73 bits per heavy atom. The predicted molar refractivity (Wildman–Crippen MR) is 85.4 cm³/mol. The van der Waals surface area contributed by atoms with Crippen molar-refractivity contribution in [3.63, 3.8) is 0 Å². The fraction of sp³-hybridized carbons (Fsp3) is 0.176. The van der Waals surface area contributed by atoms with E-state index >= 15 is 0 Å². The van der Waals surface area contributed by atoms with Gasteiger partial charge in [-0.1, -0.05) is 42.0 Å². The second kappa shape index (κ2) is 7.24. The van der Waals surface area contributed by atoms with Crippen molar-refractivity contribution in [3.8, 4) is 5.75 Å². The first-order valence-corrected chi connectivity index (χ1v) is 8.22. The van der Waals surface area contributed by atoms with Crippen LogP contribution in [0.2, 0.25) is 0 Å². The lowest BCUT2D eigenvalue weighted by Gasteiger charge is -2.15. The fourth-order valence-corrected chi connectivity index (χ4v) is 2.79. The number of para-hydroxylation sites is 1. The van der Waals surface area contributed by atoms with Crippen LogP contribution >= 0.6 is 0 Å². The molecule has 0 spiro atoms. The fourth-order valence-electron chi connectivity index (χ4n) is 1.75. The van der Waals surface area contributed by atoms with Crippen LogP contribution in [0.15, 0.2) is 72.1 Å². The molecule has 0 saturated heterocycles. The van der Waals surface area contributed by atoms with Crippen molar-refractivity contribution in [2.75, 3.05) is 6.61 Å². The highest BCUT2D eigenvalue weighted by atomic mass is 32.2. The van der Waals surface area contributed by atoms with Crippen molar-refractivity contribution in [1.29, 1.82) is 0 Å². The van der Waals surface area contributed by atoms with Gasteiger partial charge >= 0.3 is 0 Å². The second-order valence-corrected chi connectivity index (χ2v) is 6.33. The third-order valence-corrected chi connectivity index (χ3v) is 4.33. The van der Waals surface area contributed by atoms with Gasteiger partial charge in [-0.3, -0.25) is 4.18 Å². The maximum absolute atomic E-state index is 12.2. The van der Waals surface area contributed by atoms with E-state index in [0.29, 0.717) is 5.75 Å². The van der Waals surface area contributed by atoms with Crippen molar-refractivity contribution in [2.45, 2.75) is 17.9 Å². The highest BCUT2D eigenvalue weighted by molar-refractivity contribution is 7.86. The highest BCUT2D eigenvalue weighted by Gasteiger charge is 2.20. The van der Waals surface area contributed by atoms with Gasteiger partial charge in [0.1, 0.15) is 18.5 Å². The normalized spacial score (nSPS) is 12.6. The van der Waals surface area contributed by atoms with Crippen LogP contribution in [0.25, 0.3) is 0 Å². The van der Waals surface area contributed by atoms with Crippen molar-refractivity contribution in [2.24, 2.45) is 0 Å². The summed E-state index contributed by atoms with van der Waals surface area (Å²) < 4.78 is 35.1. The minimum Gasteiger partial charge on any atom is -0.490 e. The molecule has 0 aliphatic carbocycles. The van der Waals surface area contributed by atoms with E-state index in [2.05, 4.69) is 6.58 Å². The van der Waals surface area contributed by atoms with Crippen LogP contribution in [0.4, 0.5) is 0 Å². The van der Waals surface area contributed by atoms with Gasteiger partial charge in [0.05, 0.1) is 4.90 Å². The van der Waals surface area contributed by atoms with E-state index in [1.54, 1.807) is 24.3 Å². The highest BCUT2D eigenvalue weighted by Crippen LogP contribution is 2.16. The Bertz CT molecular complexity index is 706. The number of rotatable bonds is 7. The van der Waals surface area contributed by atoms with Crippen molar-refractivity contribution >= 4 is 10.1 Å². The molecular formula is C17H18O4S. The molecule has 0 heterocycles. The summed E-state index contributed by atoms with van der Waals surface area (Å²) in [6.45, 7) is 5.55. The summed E-state index contributed by atoms with van der Waals surface area (Å²) in [4.78, 5) is 0.115. The van der Waals surface area contributed by atoms with Crippen LogP contribution in [0, 0.1) is 6.92 Å². The SMILES string of the molecule is C=CC(COc1ccccc1)OS(=O)(=O)c1ccc(C)cc1. The Hall–Kier alpha value is -2.11. The molecule has 0 aliphatic rings. The lowest BCUT2D eigenvalue weighted by molar-refractivity contribution is 0.169. The summed E-state index contributed by atoms with van der Waals surface area (Å²) in [6, 6.07) is 15.6. The van der Waals surface area contributed by atoms with E-state index in [4.69, 9.17) is 8.92 Å². The Morgan fingerprint density at radius 3 is 2.32 bits per heavy atom. The molecular weight excluding hydrogens is 300 g/mol. The molecule has 0 saturated carbocycles. The number of aryl methyl sites for hydroxylation is 1. The molecule has 0 aromatic heterocycles. The van der Waals surface area contributed by atoms with E-state index < -0.39 is 16.2 Å². The smallest absolute Gasteiger partial charge is 0.297 e. The van der Waals surface area contributed by atoms with Gasteiger partial charge in [-0.25, -0.2) is 0 Å². The molecule has 22 heavy (non-hydrogen) atoms. The van der Waals surface area contributed by atoms with E-state index in [0.717, 1.165) is 5.56 Å². The van der Waals surface area contributed by atoms with Crippen LogP contribution < -0.4 is 4.74 Å². The molecule has 116 valence electrons. The summed E-state index contributed by atoms with van der Waals surface area (Å²) in [7, 11) is -3.84. The minimum absolute atomic E-state index is 0.0681. The average molecular weight is 318 g/mol. The van der Waals surface area contributed by atoms with Gasteiger partial charge in [0.25, 0.3) is 10.1 Å². The van der Waals surface area contributed by atoms with Crippen LogP contribution in [0.5, 0.6) is 5.75 Å². The Labute approximate surface area is 131 Å². The van der Waals surface area contributed by atoms with E-state index in [9.17, 15) is 8.42 Å². The van der Waals surface area contributed by atoms with Crippen LogP contribution in [0.3, 0.4) is 0 Å². The molecule has 0 radical (unpaired) electrons. The summed E-state index contributed by atoms with van der Waals surface area (Å²) in [5.41, 5.74) is 0.978. The third kappa shape index (κ3) is 4.44. The van der Waals surface area contributed by atoms with Crippen LogP contribution in [0.1, 0.15) is 5.56 Å². The minimum atomic E-state index is -3.84. The number of hydrogen-bond acceptors (Lipinski definition) is 4. The molecule has 0 bridgehead atoms. The van der Waals surface area contributed by atoms with Gasteiger partial charge in [0.15, 0.2) is 0 Å². The summed E-state index contributed by atoms with van der Waals surface area (Å²) >= 11 is 0. The zero-order valence-electron chi connectivity index (χ0n) is 12.3. The summed E-state index contributed by atoms with van der Waals surface area (Å²) in [6.07, 6.45) is 0.654. The van der Waals surface area contributed by atoms with Gasteiger partial charge in [0, 0.05) is 0 Å². The molecule has 1 atom stereocenters. The quantitative estimate of drug-likeness (QED) is 0.580. The number of hydrogen-bond donors (Lipinski definition) is 0. The molecule has 2 rings (SSSR count). The Kier molecular flexibility index (Phi) is 5.35. The van der Waals surface area contributed by atoms with Crippen LogP contribution in [-0.4, -0.2) is 21.1 Å². The second-order valence-electron chi connectivity index (χ2n) is 4.76. The lowest BCUT2D eigenvalue weighted by Crippen LogP contribution is -2.23. The first kappa shape index (κ1) is 16.3. The van der Waals surface area contributed by atoms with Gasteiger partial charge in [0.2, 0.25) is 0 Å². The molecule has 0 fully saturated rings. The number of ether oxygens (including phenoxy) is 1. The molecule has 2 aromatic rings. The maximum Gasteiger partial charge on any atom is 0.297 e. The Morgan fingerprint density at radius 1 is 1.09 bits per heavy atom. The van der Waals surface area contributed by atoms with Crippen molar-refractivity contribution < 1.29 is 17.3 Å². The summed E-state index contributed by atoms with van der Waals surface area (Å²) in [5, 5.41) is 0.